The summed E-state index contributed by atoms with van der Waals surface area (Å²) >= 11 is 6.32. The van der Waals surface area contributed by atoms with Crippen molar-refractivity contribution in [3.8, 4) is 5.88 Å². The minimum absolute atomic E-state index is 0.0909. The number of anilines is 4. The van der Waals surface area contributed by atoms with Crippen LogP contribution in [0.3, 0.4) is 0 Å². The molecule has 2 saturated heterocycles. The molecule has 3 aliphatic heterocycles. The number of hydrogen-bond acceptors (Lipinski definition) is 15. The Morgan fingerprint density at radius 3 is 2.34 bits per heavy atom. The highest BCUT2D eigenvalue weighted by Gasteiger charge is 2.33. The maximum atomic E-state index is 14.7. The van der Waals surface area contributed by atoms with Gasteiger partial charge in [-0.05, 0) is 137 Å². The number of carbonyl (C=O) groups is 2. The van der Waals surface area contributed by atoms with Gasteiger partial charge in [-0.25, -0.2) is 17.9 Å². The summed E-state index contributed by atoms with van der Waals surface area (Å²) in [4.78, 5) is 54.4. The van der Waals surface area contributed by atoms with Crippen LogP contribution < -0.4 is 24.6 Å². The lowest BCUT2D eigenvalue weighted by molar-refractivity contribution is -0.384. The Hall–Kier alpha value is -6.23. The monoisotopic (exact) mass is 1180 g/mol. The van der Waals surface area contributed by atoms with Crippen molar-refractivity contribution in [1.29, 1.82) is 0 Å². The standard InChI is InChI=1S/C60H81ClN10O9SSi/c1-59(2,3)80-58(73)68-32-26-65(27-33-68)23-9-22-62-51-18-16-48(39-53(51)71(74)75)81(76,77)64-56(72)49-17-15-47(67-30-28-66(29-31-67)41-45-19-21-60(4,5)40-50(45)43-11-13-46(61)14-12-43)38-52(49)70-24-10-34-79-57-54(70)37-44-20-25-69(55(44)63-57)42-78-35-36-82(6,7)8/h11-18,20,25,37-39,62H,9-10,19,21-24,26-36,40-42H2,1-8H3,(H,64,72). The predicted molar refractivity (Wildman–Crippen MR) is 327 cm³/mol. The number of rotatable bonds is 19. The van der Waals surface area contributed by atoms with E-state index in [0.29, 0.717) is 102 Å². The van der Waals surface area contributed by atoms with Gasteiger partial charge in [0.05, 0.1) is 27.7 Å². The second-order valence-electron chi connectivity index (χ2n) is 25.1. The maximum Gasteiger partial charge on any atom is 0.410 e. The highest BCUT2D eigenvalue weighted by atomic mass is 35.5. The molecule has 19 nitrogen and oxygen atoms in total. The topological polar surface area (TPSA) is 197 Å². The number of nitrogens with one attached hydrogen (secondary N) is 2. The first-order valence-corrected chi connectivity index (χ1v) is 34.3. The third-order valence-corrected chi connectivity index (χ3v) is 19.0. The summed E-state index contributed by atoms with van der Waals surface area (Å²) < 4.78 is 50.7. The van der Waals surface area contributed by atoms with E-state index in [1.165, 1.54) is 28.8 Å². The lowest BCUT2D eigenvalue weighted by Crippen LogP contribution is -2.50. The fourth-order valence-corrected chi connectivity index (χ4v) is 12.9. The van der Waals surface area contributed by atoms with Gasteiger partial charge in [0, 0.05) is 115 Å². The zero-order valence-electron chi connectivity index (χ0n) is 48.9. The van der Waals surface area contributed by atoms with Crippen LogP contribution >= 0.6 is 11.6 Å². The molecule has 1 aliphatic carbocycles. The van der Waals surface area contributed by atoms with Gasteiger partial charge >= 0.3 is 6.09 Å². The van der Waals surface area contributed by atoms with Crippen molar-refractivity contribution in [3.05, 3.63) is 111 Å². The third kappa shape index (κ3) is 15.3. The van der Waals surface area contributed by atoms with Crippen molar-refractivity contribution >= 4 is 86.7 Å². The maximum absolute atomic E-state index is 14.7. The molecule has 4 aliphatic rings. The molecule has 5 heterocycles. The number of fused-ring (bicyclic) bond motifs is 2. The summed E-state index contributed by atoms with van der Waals surface area (Å²) in [5.74, 6) is -0.520. The summed E-state index contributed by atoms with van der Waals surface area (Å²) in [6, 6.07) is 22.3. The molecule has 442 valence electrons. The van der Waals surface area contributed by atoms with Crippen LogP contribution in [0, 0.1) is 15.5 Å². The van der Waals surface area contributed by atoms with E-state index in [4.69, 9.17) is 30.8 Å². The van der Waals surface area contributed by atoms with E-state index in [9.17, 15) is 28.1 Å². The first-order valence-electron chi connectivity index (χ1n) is 28.7. The second kappa shape index (κ2) is 25.3. The number of ether oxygens (including phenoxy) is 3. The van der Waals surface area contributed by atoms with Crippen molar-refractivity contribution in [2.24, 2.45) is 5.41 Å². The quantitative estimate of drug-likeness (QED) is 0.0342. The molecule has 2 amide bonds. The Labute approximate surface area is 489 Å². The van der Waals surface area contributed by atoms with E-state index in [1.807, 2.05) is 72.8 Å². The normalized spacial score (nSPS) is 17.5. The average Bonchev–Trinajstić information content (AvgIpc) is 3.84. The van der Waals surface area contributed by atoms with E-state index in [0.717, 1.165) is 80.2 Å². The van der Waals surface area contributed by atoms with Gasteiger partial charge in [-0.1, -0.05) is 62.8 Å². The Kier molecular flexibility index (Phi) is 18.6. The molecule has 0 saturated carbocycles. The summed E-state index contributed by atoms with van der Waals surface area (Å²) in [5, 5.41) is 17.2. The molecule has 2 fully saturated rings. The molecule has 2 aromatic heterocycles. The van der Waals surface area contributed by atoms with E-state index in [2.05, 4.69) is 70.4 Å². The van der Waals surface area contributed by atoms with Crippen LogP contribution in [-0.2, 0) is 26.2 Å². The number of nitro benzene ring substituents is 1. The molecule has 0 atom stereocenters. The van der Waals surface area contributed by atoms with Gasteiger partial charge < -0.3 is 38.8 Å². The number of carbonyl (C=O) groups excluding carboxylic acids is 2. The van der Waals surface area contributed by atoms with Crippen molar-refractivity contribution in [2.45, 2.75) is 110 Å². The van der Waals surface area contributed by atoms with E-state index in [-0.39, 0.29) is 22.8 Å². The van der Waals surface area contributed by atoms with Gasteiger partial charge in [-0.2, -0.15) is 4.98 Å². The Morgan fingerprint density at radius 1 is 0.902 bits per heavy atom. The lowest BCUT2D eigenvalue weighted by Gasteiger charge is -2.39. The second-order valence-corrected chi connectivity index (χ2v) is 32.8. The smallest absolute Gasteiger partial charge is 0.410 e. The number of halogens is 1. The van der Waals surface area contributed by atoms with Gasteiger partial charge in [-0.3, -0.25) is 24.7 Å². The molecule has 5 aromatic rings. The molecule has 0 unspecified atom stereocenters. The molecular formula is C60H81ClN10O9SSi. The lowest BCUT2D eigenvalue weighted by atomic mass is 9.72. The zero-order valence-corrected chi connectivity index (χ0v) is 51.5. The minimum atomic E-state index is -4.65. The molecule has 0 spiro atoms. The van der Waals surface area contributed by atoms with Crippen LogP contribution in [0.4, 0.5) is 33.2 Å². The number of aromatic nitrogens is 2. The first kappa shape index (κ1) is 60.4. The molecule has 9 rings (SSSR count). The molecule has 0 bridgehead atoms. The molecule has 0 radical (unpaired) electrons. The first-order chi connectivity index (χ1) is 38.9. The van der Waals surface area contributed by atoms with Crippen LogP contribution in [0.1, 0.15) is 82.6 Å². The van der Waals surface area contributed by atoms with Crippen LogP contribution in [0.2, 0.25) is 30.7 Å². The van der Waals surface area contributed by atoms with E-state index < -0.39 is 45.1 Å². The van der Waals surface area contributed by atoms with Gasteiger partial charge in [0.25, 0.3) is 21.6 Å². The molecular weight excluding hydrogens is 1100 g/mol. The Bertz CT molecular complexity index is 3270. The van der Waals surface area contributed by atoms with E-state index in [1.54, 1.807) is 11.0 Å². The predicted octanol–water partition coefficient (Wildman–Crippen LogP) is 11.1. The summed E-state index contributed by atoms with van der Waals surface area (Å²) in [6.07, 6.45) is 5.98. The molecule has 2 N–H and O–H groups in total. The molecule has 82 heavy (non-hydrogen) atoms. The number of nitrogens with zero attached hydrogens (tertiary/aromatic N) is 8. The average molecular weight is 1180 g/mol. The number of allylic oxidation sites excluding steroid dienone is 1. The van der Waals surface area contributed by atoms with Crippen LogP contribution in [0.25, 0.3) is 16.6 Å². The fourth-order valence-electron chi connectivity index (χ4n) is 11.0. The van der Waals surface area contributed by atoms with Crippen LogP contribution in [0.15, 0.2) is 89.5 Å². The van der Waals surface area contributed by atoms with Crippen LogP contribution in [-0.4, -0.2) is 155 Å². The minimum Gasteiger partial charge on any atom is -0.476 e. The number of hydrogen-bond donors (Lipinski definition) is 2. The molecule has 3 aromatic carbocycles. The number of amides is 2. The Morgan fingerprint density at radius 2 is 1.63 bits per heavy atom. The largest absolute Gasteiger partial charge is 0.476 e. The van der Waals surface area contributed by atoms with Crippen molar-refractivity contribution in [3.63, 3.8) is 0 Å². The summed E-state index contributed by atoms with van der Waals surface area (Å²) in [6.45, 7) is 26.3. The third-order valence-electron chi connectivity index (χ3n) is 15.7. The SMILES string of the molecule is CC1(C)CCC(CN2CCN(c3ccc(C(=O)NS(=O)(=O)c4ccc(NCCCN5CCN(C(=O)OC(C)(C)C)CC5)c([N+](=O)[O-])c4)c(N4CCCOc5nc6c(ccn6COCC[Si](C)(C)C)cc54)c3)CC2)=C(c2ccc(Cl)cc2)C1. The van der Waals surface area contributed by atoms with Gasteiger partial charge in [0.15, 0.2) is 0 Å². The van der Waals surface area contributed by atoms with Crippen LogP contribution in [0.5, 0.6) is 5.88 Å². The number of benzene rings is 3. The van der Waals surface area contributed by atoms with Gasteiger partial charge in [-0.15, -0.1) is 0 Å². The number of nitro groups is 1. The Balaban J connectivity index is 0.939. The van der Waals surface area contributed by atoms with E-state index >= 15 is 0 Å². The molecule has 22 heteroatoms. The van der Waals surface area contributed by atoms with Gasteiger partial charge in [0.1, 0.15) is 29.4 Å². The zero-order chi connectivity index (χ0) is 58.6. The number of piperazine rings is 2. The highest BCUT2D eigenvalue weighted by molar-refractivity contribution is 7.90. The highest BCUT2D eigenvalue weighted by Crippen LogP contribution is 2.44. The number of sulfonamides is 1. The summed E-state index contributed by atoms with van der Waals surface area (Å²) in [7, 11) is -5.95. The fraction of sp³-hybridized carbons (Fsp3) is 0.517. The van der Waals surface area contributed by atoms with Crippen molar-refractivity contribution in [2.75, 3.05) is 107 Å². The van der Waals surface area contributed by atoms with Crippen molar-refractivity contribution in [1.82, 2.24) is 29.0 Å². The van der Waals surface area contributed by atoms with Crippen molar-refractivity contribution < 1.29 is 37.1 Å². The van der Waals surface area contributed by atoms with Gasteiger partial charge in [0.2, 0.25) is 5.88 Å². The number of pyridine rings is 1. The summed E-state index contributed by atoms with van der Waals surface area (Å²) in [5.41, 5.74) is 6.18.